The number of aromatic nitrogens is 2. The normalized spacial score (nSPS) is 21.0. The minimum Gasteiger partial charge on any atom is -0.490 e. The van der Waals surface area contributed by atoms with Gasteiger partial charge in [-0.2, -0.15) is 0 Å². The second-order valence-electron chi connectivity index (χ2n) is 9.99. The summed E-state index contributed by atoms with van der Waals surface area (Å²) < 4.78 is 17.1. The minimum absolute atomic E-state index is 0.275. The zero-order valence-corrected chi connectivity index (χ0v) is 20.9. The Balaban J connectivity index is 1.14. The molecule has 2 aromatic rings. The highest BCUT2D eigenvalue weighted by Gasteiger charge is 2.47. The van der Waals surface area contributed by atoms with Gasteiger partial charge in [-0.15, -0.1) is 0 Å². The number of anilines is 2. The summed E-state index contributed by atoms with van der Waals surface area (Å²) in [6.45, 7) is 8.88. The van der Waals surface area contributed by atoms with Crippen LogP contribution in [-0.2, 0) is 4.74 Å². The Labute approximate surface area is 207 Å². The van der Waals surface area contributed by atoms with E-state index in [2.05, 4.69) is 57.9 Å². The van der Waals surface area contributed by atoms with Crippen LogP contribution in [0.2, 0.25) is 0 Å². The van der Waals surface area contributed by atoms with Gasteiger partial charge in [0.25, 0.3) is 0 Å². The maximum Gasteiger partial charge on any atom is 0.415 e. The number of hydrogen-bond acceptors (Lipinski definition) is 8. The molecular weight excluding hydrogens is 446 g/mol. The van der Waals surface area contributed by atoms with E-state index in [0.29, 0.717) is 24.4 Å². The predicted molar refractivity (Wildman–Crippen MR) is 133 cm³/mol. The fourth-order valence-electron chi connectivity index (χ4n) is 5.25. The molecule has 0 N–H and O–H groups in total. The van der Waals surface area contributed by atoms with E-state index in [0.717, 1.165) is 57.6 Å². The first-order valence-corrected chi connectivity index (χ1v) is 12.6. The first kappa shape index (κ1) is 23.7. The Morgan fingerprint density at radius 3 is 2.26 bits per heavy atom. The van der Waals surface area contributed by atoms with Crippen LogP contribution in [0, 0.1) is 0 Å². The van der Waals surface area contributed by atoms with Crippen LogP contribution in [-0.4, -0.2) is 78.5 Å². The van der Waals surface area contributed by atoms with Crippen molar-refractivity contribution in [2.45, 2.75) is 57.3 Å². The number of amides is 1. The van der Waals surface area contributed by atoms with Crippen LogP contribution in [0.3, 0.4) is 0 Å². The van der Waals surface area contributed by atoms with Crippen molar-refractivity contribution in [1.29, 1.82) is 0 Å². The molecule has 9 nitrogen and oxygen atoms in total. The number of likely N-dealkylation sites (tertiary alicyclic amines) is 1. The fourth-order valence-corrected chi connectivity index (χ4v) is 5.25. The number of rotatable bonds is 6. The lowest BCUT2D eigenvalue weighted by atomic mass is 9.91. The highest BCUT2D eigenvalue weighted by Crippen LogP contribution is 2.37. The molecule has 9 heteroatoms. The summed E-state index contributed by atoms with van der Waals surface area (Å²) in [6.07, 6.45) is 6.85. The Morgan fingerprint density at radius 2 is 1.66 bits per heavy atom. The zero-order valence-electron chi connectivity index (χ0n) is 20.9. The summed E-state index contributed by atoms with van der Waals surface area (Å²) in [5, 5.41) is 0. The highest BCUT2D eigenvalue weighted by atomic mass is 16.6. The molecule has 35 heavy (non-hydrogen) atoms. The summed E-state index contributed by atoms with van der Waals surface area (Å²) in [7, 11) is 1.51. The molecule has 3 aliphatic rings. The highest BCUT2D eigenvalue weighted by molar-refractivity contribution is 5.90. The quantitative estimate of drug-likeness (QED) is 0.618. The number of hydrogen-bond donors (Lipinski definition) is 0. The Morgan fingerprint density at radius 1 is 1.00 bits per heavy atom. The van der Waals surface area contributed by atoms with Crippen LogP contribution in [0.15, 0.2) is 36.7 Å². The third kappa shape index (κ3) is 5.15. The lowest BCUT2D eigenvalue weighted by Gasteiger charge is -2.38. The van der Waals surface area contributed by atoms with Gasteiger partial charge < -0.3 is 24.0 Å². The molecule has 1 aromatic carbocycles. The van der Waals surface area contributed by atoms with Crippen LogP contribution >= 0.6 is 0 Å². The van der Waals surface area contributed by atoms with Gasteiger partial charge in [-0.25, -0.2) is 14.8 Å². The van der Waals surface area contributed by atoms with Crippen LogP contribution in [0.4, 0.5) is 16.2 Å². The zero-order chi connectivity index (χ0) is 24.4. The SMILES string of the molecule is COc1ncc(N2CC3(CCN(c4ccc(OC5CCN(C(C)C)CC5)cc4)CC3)OC2=O)cn1. The van der Waals surface area contributed by atoms with Crippen LogP contribution in [0.5, 0.6) is 11.8 Å². The molecule has 4 heterocycles. The molecule has 1 amide bonds. The number of piperidine rings is 2. The lowest BCUT2D eigenvalue weighted by molar-refractivity contribution is 0.0367. The minimum atomic E-state index is -0.471. The van der Waals surface area contributed by atoms with Gasteiger partial charge >= 0.3 is 12.1 Å². The molecule has 0 saturated carbocycles. The number of methoxy groups -OCH3 is 1. The van der Waals surface area contributed by atoms with E-state index in [9.17, 15) is 4.79 Å². The van der Waals surface area contributed by atoms with Crippen molar-refractivity contribution in [2.75, 3.05) is 49.6 Å². The van der Waals surface area contributed by atoms with Gasteiger partial charge in [0.1, 0.15) is 17.5 Å². The van der Waals surface area contributed by atoms with Gasteiger partial charge in [0.15, 0.2) is 0 Å². The van der Waals surface area contributed by atoms with Gasteiger partial charge in [-0.05, 0) is 51.0 Å². The molecule has 0 atom stereocenters. The van der Waals surface area contributed by atoms with E-state index in [1.54, 1.807) is 17.3 Å². The molecule has 0 unspecified atom stereocenters. The van der Waals surface area contributed by atoms with Crippen molar-refractivity contribution in [1.82, 2.24) is 14.9 Å². The molecule has 1 spiro atoms. The number of benzene rings is 1. The molecule has 0 bridgehead atoms. The molecule has 1 aromatic heterocycles. The number of carbonyl (C=O) groups is 1. The molecule has 0 radical (unpaired) electrons. The van der Waals surface area contributed by atoms with Gasteiger partial charge in [0.05, 0.1) is 31.7 Å². The van der Waals surface area contributed by atoms with Gasteiger partial charge in [-0.1, -0.05) is 0 Å². The third-order valence-electron chi connectivity index (χ3n) is 7.47. The van der Waals surface area contributed by atoms with E-state index in [1.807, 2.05) is 0 Å². The Kier molecular flexibility index (Phi) is 6.69. The van der Waals surface area contributed by atoms with Crippen LogP contribution in [0.25, 0.3) is 0 Å². The van der Waals surface area contributed by atoms with E-state index in [-0.39, 0.29) is 12.1 Å². The second-order valence-corrected chi connectivity index (χ2v) is 9.99. The topological polar surface area (TPSA) is 80.3 Å². The molecular formula is C26H35N5O4. The Bertz CT molecular complexity index is 997. The van der Waals surface area contributed by atoms with E-state index < -0.39 is 5.60 Å². The summed E-state index contributed by atoms with van der Waals surface area (Å²) in [6, 6.07) is 9.31. The summed E-state index contributed by atoms with van der Waals surface area (Å²) in [5.74, 6) is 0.937. The molecule has 3 saturated heterocycles. The van der Waals surface area contributed by atoms with Crippen molar-refractivity contribution < 1.29 is 19.0 Å². The molecule has 0 aliphatic carbocycles. The predicted octanol–water partition coefficient (Wildman–Crippen LogP) is 3.73. The van der Waals surface area contributed by atoms with Crippen molar-refractivity contribution >= 4 is 17.5 Å². The van der Waals surface area contributed by atoms with Gasteiger partial charge in [-0.3, -0.25) is 4.90 Å². The summed E-state index contributed by atoms with van der Waals surface area (Å²) in [5.41, 5.74) is 1.33. The first-order chi connectivity index (χ1) is 16.9. The Hall–Kier alpha value is -3.07. The average molecular weight is 482 g/mol. The summed E-state index contributed by atoms with van der Waals surface area (Å²) in [4.78, 5) is 27.3. The van der Waals surface area contributed by atoms with Crippen LogP contribution < -0.4 is 19.3 Å². The second kappa shape index (κ2) is 9.89. The average Bonchev–Trinajstić information content (AvgIpc) is 3.20. The molecule has 188 valence electrons. The van der Waals surface area contributed by atoms with Crippen molar-refractivity contribution in [3.63, 3.8) is 0 Å². The molecule has 3 aliphatic heterocycles. The summed E-state index contributed by atoms with van der Waals surface area (Å²) >= 11 is 0. The molecule has 3 fully saturated rings. The van der Waals surface area contributed by atoms with E-state index >= 15 is 0 Å². The lowest BCUT2D eigenvalue weighted by Crippen LogP contribution is -2.47. The van der Waals surface area contributed by atoms with Gasteiger partial charge in [0.2, 0.25) is 0 Å². The molecule has 5 rings (SSSR count). The van der Waals surface area contributed by atoms with E-state index in [4.69, 9.17) is 14.2 Å². The smallest absolute Gasteiger partial charge is 0.415 e. The number of carbonyl (C=O) groups excluding carboxylic acids is 1. The monoisotopic (exact) mass is 481 g/mol. The standard InChI is InChI=1S/C26H35N5O4/c1-19(2)29-12-8-23(9-13-29)34-22-6-4-20(5-7-22)30-14-10-26(11-15-30)18-31(25(32)35-26)21-16-27-24(33-3)28-17-21/h4-7,16-17,19,23H,8-15,18H2,1-3H3. The number of ether oxygens (including phenoxy) is 3. The van der Waals surface area contributed by atoms with Crippen molar-refractivity contribution in [3.8, 4) is 11.8 Å². The first-order valence-electron chi connectivity index (χ1n) is 12.6. The van der Waals surface area contributed by atoms with Crippen LogP contribution in [0.1, 0.15) is 39.5 Å². The maximum absolute atomic E-state index is 12.6. The third-order valence-corrected chi connectivity index (χ3v) is 7.47. The maximum atomic E-state index is 12.6. The largest absolute Gasteiger partial charge is 0.490 e. The van der Waals surface area contributed by atoms with Gasteiger partial charge in [0, 0.05) is 50.7 Å². The van der Waals surface area contributed by atoms with E-state index in [1.165, 1.54) is 12.8 Å². The fraction of sp³-hybridized carbons (Fsp3) is 0.577. The van der Waals surface area contributed by atoms with Crippen molar-refractivity contribution in [3.05, 3.63) is 36.7 Å². The van der Waals surface area contributed by atoms with Crippen molar-refractivity contribution in [2.24, 2.45) is 0 Å². The number of nitrogens with zero attached hydrogens (tertiary/aromatic N) is 5.